The van der Waals surface area contributed by atoms with Gasteiger partial charge in [0.2, 0.25) is 0 Å². The lowest BCUT2D eigenvalue weighted by atomic mass is 10.1. The largest absolute Gasteiger partial charge is 0.480 e. The first-order valence-corrected chi connectivity index (χ1v) is 6.69. The molecule has 94 valence electrons. The molecule has 0 bridgehead atoms. The van der Waals surface area contributed by atoms with Crippen LogP contribution in [-0.2, 0) is 20.3 Å². The Labute approximate surface area is 103 Å². The highest BCUT2D eigenvalue weighted by Gasteiger charge is 2.25. The SMILES string of the molecule is COCCCS(=O)C(C(=O)O)c1ccccc1. The van der Waals surface area contributed by atoms with E-state index in [1.807, 2.05) is 0 Å². The molecule has 0 aliphatic heterocycles. The van der Waals surface area contributed by atoms with Crippen molar-refractivity contribution >= 4 is 16.8 Å². The smallest absolute Gasteiger partial charge is 0.323 e. The second kappa shape index (κ2) is 7.19. The van der Waals surface area contributed by atoms with Crippen LogP contribution in [-0.4, -0.2) is 34.8 Å². The third kappa shape index (κ3) is 4.28. The molecular weight excluding hydrogens is 240 g/mol. The number of carbonyl (C=O) groups is 1. The van der Waals surface area contributed by atoms with Gasteiger partial charge in [-0.05, 0) is 12.0 Å². The first-order valence-electron chi connectivity index (χ1n) is 5.30. The number of carboxylic acids is 1. The van der Waals surface area contributed by atoms with Crippen molar-refractivity contribution in [3.05, 3.63) is 35.9 Å². The Balaban J connectivity index is 2.73. The molecule has 1 aromatic carbocycles. The number of hydrogen-bond acceptors (Lipinski definition) is 3. The molecule has 0 heterocycles. The van der Waals surface area contributed by atoms with E-state index in [0.717, 1.165) is 0 Å². The average molecular weight is 256 g/mol. The Kier molecular flexibility index (Phi) is 5.86. The molecule has 0 radical (unpaired) electrons. The zero-order valence-corrected chi connectivity index (χ0v) is 10.5. The van der Waals surface area contributed by atoms with Gasteiger partial charge in [-0.15, -0.1) is 0 Å². The lowest BCUT2D eigenvalue weighted by Crippen LogP contribution is -2.19. The van der Waals surface area contributed by atoms with Crippen molar-refractivity contribution in [2.24, 2.45) is 0 Å². The topological polar surface area (TPSA) is 63.6 Å². The molecule has 0 aromatic heterocycles. The van der Waals surface area contributed by atoms with Crippen LogP contribution in [0.2, 0.25) is 0 Å². The Morgan fingerprint density at radius 2 is 2.06 bits per heavy atom. The second-order valence-electron chi connectivity index (χ2n) is 3.56. The van der Waals surface area contributed by atoms with Gasteiger partial charge in [0.05, 0.1) is 0 Å². The Morgan fingerprint density at radius 3 is 2.59 bits per heavy atom. The summed E-state index contributed by atoms with van der Waals surface area (Å²) in [7, 11) is 0.144. The molecule has 17 heavy (non-hydrogen) atoms. The van der Waals surface area contributed by atoms with Crippen molar-refractivity contribution in [2.45, 2.75) is 11.7 Å². The fourth-order valence-electron chi connectivity index (χ4n) is 1.50. The normalized spacial score (nSPS) is 14.2. The molecular formula is C12H16O4S. The molecule has 5 heteroatoms. The van der Waals surface area contributed by atoms with Crippen LogP contribution in [0, 0.1) is 0 Å². The van der Waals surface area contributed by atoms with E-state index in [9.17, 15) is 9.00 Å². The number of rotatable bonds is 7. The Hall–Kier alpha value is -1.20. The molecule has 1 aromatic rings. The second-order valence-corrected chi connectivity index (χ2v) is 5.20. The molecule has 4 nitrogen and oxygen atoms in total. The first kappa shape index (κ1) is 13.9. The molecule has 0 saturated heterocycles. The molecule has 0 spiro atoms. The third-order valence-electron chi connectivity index (χ3n) is 2.28. The number of hydrogen-bond donors (Lipinski definition) is 1. The van der Waals surface area contributed by atoms with Crippen molar-refractivity contribution in [3.8, 4) is 0 Å². The van der Waals surface area contributed by atoms with Gasteiger partial charge in [-0.2, -0.15) is 0 Å². The van der Waals surface area contributed by atoms with E-state index in [0.29, 0.717) is 24.3 Å². The summed E-state index contributed by atoms with van der Waals surface area (Å²) in [5.41, 5.74) is 0.579. The van der Waals surface area contributed by atoms with Crippen LogP contribution in [0.4, 0.5) is 0 Å². The maximum Gasteiger partial charge on any atom is 0.323 e. The predicted molar refractivity (Wildman–Crippen MR) is 66.3 cm³/mol. The summed E-state index contributed by atoms with van der Waals surface area (Å²) >= 11 is 0. The maximum atomic E-state index is 11.9. The highest BCUT2D eigenvalue weighted by molar-refractivity contribution is 7.86. The van der Waals surface area contributed by atoms with Gasteiger partial charge in [0.25, 0.3) is 0 Å². The van der Waals surface area contributed by atoms with Gasteiger partial charge in [-0.3, -0.25) is 9.00 Å². The van der Waals surface area contributed by atoms with Crippen molar-refractivity contribution in [2.75, 3.05) is 19.5 Å². The van der Waals surface area contributed by atoms with Crippen LogP contribution >= 0.6 is 0 Å². The molecule has 2 unspecified atom stereocenters. The van der Waals surface area contributed by atoms with Gasteiger partial charge in [0.1, 0.15) is 0 Å². The van der Waals surface area contributed by atoms with Gasteiger partial charge in [0.15, 0.2) is 5.25 Å². The van der Waals surface area contributed by atoms with Gasteiger partial charge >= 0.3 is 5.97 Å². The molecule has 1 rings (SSSR count). The third-order valence-corrected chi connectivity index (χ3v) is 3.97. The van der Waals surface area contributed by atoms with Crippen molar-refractivity contribution in [1.82, 2.24) is 0 Å². The van der Waals surface area contributed by atoms with Crippen molar-refractivity contribution < 1.29 is 18.8 Å². The number of benzene rings is 1. The summed E-state index contributed by atoms with van der Waals surface area (Å²) < 4.78 is 16.8. The minimum absolute atomic E-state index is 0.333. The summed E-state index contributed by atoms with van der Waals surface area (Å²) in [6, 6.07) is 8.67. The standard InChI is InChI=1S/C12H16O4S/c1-16-8-5-9-17(15)11(12(13)14)10-6-3-2-4-7-10/h2-4,6-7,11H,5,8-9H2,1H3,(H,13,14). The van der Waals surface area contributed by atoms with Crippen LogP contribution in [0.3, 0.4) is 0 Å². The molecule has 0 amide bonds. The molecule has 1 N–H and O–H groups in total. The van der Waals surface area contributed by atoms with Crippen LogP contribution < -0.4 is 0 Å². The van der Waals surface area contributed by atoms with E-state index >= 15 is 0 Å². The first-order chi connectivity index (χ1) is 8.16. The predicted octanol–water partition coefficient (Wildman–Crippen LogP) is 1.60. The summed E-state index contributed by atoms with van der Waals surface area (Å²) in [6.07, 6.45) is 0.597. The van der Waals surface area contributed by atoms with Crippen LogP contribution in [0.25, 0.3) is 0 Å². The summed E-state index contributed by atoms with van der Waals surface area (Å²) in [6.45, 7) is 0.493. The minimum Gasteiger partial charge on any atom is -0.480 e. The number of methoxy groups -OCH3 is 1. The van der Waals surface area contributed by atoms with Gasteiger partial charge in [-0.1, -0.05) is 30.3 Å². The van der Waals surface area contributed by atoms with Gasteiger partial charge < -0.3 is 9.84 Å². The lowest BCUT2D eigenvalue weighted by Gasteiger charge is -2.12. The molecule has 2 atom stereocenters. The highest BCUT2D eigenvalue weighted by Crippen LogP contribution is 2.20. The van der Waals surface area contributed by atoms with Crippen LogP contribution in [0.5, 0.6) is 0 Å². The minimum atomic E-state index is -1.42. The summed E-state index contributed by atoms with van der Waals surface area (Å²) in [5.74, 6) is -0.716. The molecule has 0 fully saturated rings. The van der Waals surface area contributed by atoms with Gasteiger partial charge in [0, 0.05) is 30.3 Å². The lowest BCUT2D eigenvalue weighted by molar-refractivity contribution is -0.136. The molecule has 0 saturated carbocycles. The van der Waals surface area contributed by atoms with Crippen molar-refractivity contribution in [3.63, 3.8) is 0 Å². The fourth-order valence-corrected chi connectivity index (χ4v) is 2.82. The Morgan fingerprint density at radius 1 is 1.41 bits per heavy atom. The van der Waals surface area contributed by atoms with E-state index in [1.165, 1.54) is 0 Å². The van der Waals surface area contributed by atoms with Gasteiger partial charge in [-0.25, -0.2) is 0 Å². The molecule has 0 aliphatic carbocycles. The van der Waals surface area contributed by atoms with E-state index in [1.54, 1.807) is 37.4 Å². The monoisotopic (exact) mass is 256 g/mol. The van der Waals surface area contributed by atoms with Crippen molar-refractivity contribution in [1.29, 1.82) is 0 Å². The zero-order chi connectivity index (χ0) is 12.7. The van der Waals surface area contributed by atoms with E-state index in [-0.39, 0.29) is 0 Å². The quantitative estimate of drug-likeness (QED) is 0.753. The highest BCUT2D eigenvalue weighted by atomic mass is 32.2. The number of ether oxygens (including phenoxy) is 1. The molecule has 0 aliphatic rings. The summed E-state index contributed by atoms with van der Waals surface area (Å²) in [5, 5.41) is 8.18. The number of aliphatic carboxylic acids is 1. The number of carboxylic acid groups (broad SMARTS) is 1. The van der Waals surface area contributed by atoms with Crippen LogP contribution in [0.15, 0.2) is 30.3 Å². The zero-order valence-electron chi connectivity index (χ0n) is 9.67. The van der Waals surface area contributed by atoms with E-state index in [4.69, 9.17) is 9.84 Å². The average Bonchev–Trinajstić information content (AvgIpc) is 2.30. The summed E-state index contributed by atoms with van der Waals surface area (Å²) in [4.78, 5) is 11.1. The van der Waals surface area contributed by atoms with E-state index < -0.39 is 22.0 Å². The maximum absolute atomic E-state index is 11.9. The van der Waals surface area contributed by atoms with E-state index in [2.05, 4.69) is 0 Å². The fraction of sp³-hybridized carbons (Fsp3) is 0.417. The van der Waals surface area contributed by atoms with Crippen LogP contribution in [0.1, 0.15) is 17.2 Å². The Bertz CT molecular complexity index is 377.